The van der Waals surface area contributed by atoms with E-state index in [1.165, 1.54) is 12.6 Å². The quantitative estimate of drug-likeness (QED) is 0.589. The lowest BCUT2D eigenvalue weighted by molar-refractivity contribution is -0.614. The summed E-state index contributed by atoms with van der Waals surface area (Å²) in [6.45, 7) is 0. The van der Waals surface area contributed by atoms with Crippen LogP contribution in [0.1, 0.15) is 31.4 Å². The lowest BCUT2D eigenvalue weighted by atomic mass is 9.83. The van der Waals surface area contributed by atoms with E-state index in [4.69, 9.17) is 0 Å². The van der Waals surface area contributed by atoms with E-state index < -0.39 is 0 Å². The number of hydrogen-bond acceptors (Lipinski definition) is 2. The molecule has 0 aromatic carbocycles. The number of aliphatic hydroxyl groups is 1. The first-order chi connectivity index (χ1) is 7.27. The summed E-state index contributed by atoms with van der Waals surface area (Å²) in [6.07, 6.45) is 6.21. The second kappa shape index (κ2) is 4.62. The van der Waals surface area contributed by atoms with Crippen LogP contribution in [0, 0.1) is 11.1 Å². The van der Waals surface area contributed by atoms with Crippen LogP contribution >= 0.6 is 0 Å². The lowest BCUT2D eigenvalue weighted by Crippen LogP contribution is -2.35. The Labute approximate surface area is 90.0 Å². The number of rotatable bonds is 2. The maximum atomic E-state index is 11.4. The van der Waals surface area contributed by atoms with Crippen molar-refractivity contribution >= 4 is 0 Å². The Kier molecular flexibility index (Phi) is 3.21. The molecule has 0 aliphatic heterocycles. The molecule has 0 bridgehead atoms. The van der Waals surface area contributed by atoms with Crippen molar-refractivity contribution < 1.29 is 9.84 Å². The van der Waals surface area contributed by atoms with Gasteiger partial charge in [-0.15, -0.1) is 0 Å². The summed E-state index contributed by atoms with van der Waals surface area (Å²) >= 11 is 0. The molecular formula is C12H17NO2. The minimum atomic E-state index is -0.223. The summed E-state index contributed by atoms with van der Waals surface area (Å²) in [5, 5.41) is 21.2. The third-order valence-electron chi connectivity index (χ3n) is 3.24. The van der Waals surface area contributed by atoms with Crippen molar-refractivity contribution in [1.82, 2.24) is 0 Å². The van der Waals surface area contributed by atoms with Gasteiger partial charge in [0.1, 0.15) is 0 Å². The maximum absolute atomic E-state index is 11.4. The fraction of sp³-hybridized carbons (Fsp3) is 0.583. The minimum Gasteiger partial charge on any atom is -0.619 e. The van der Waals surface area contributed by atoms with E-state index in [2.05, 4.69) is 0 Å². The smallest absolute Gasteiger partial charge is 0.193 e. The molecule has 15 heavy (non-hydrogen) atoms. The standard InChI is InChI=1S/C12H17NO2/c14-12-7-2-1-5-10(12)9-11-6-3-4-8-13(11)15/h3-4,6,8,10,12,14H,1-2,5,7,9H2. The average Bonchev–Trinajstić information content (AvgIpc) is 2.24. The van der Waals surface area contributed by atoms with Crippen LogP contribution in [0.2, 0.25) is 0 Å². The number of aliphatic hydroxyl groups excluding tert-OH is 1. The Morgan fingerprint density at radius 2 is 2.13 bits per heavy atom. The van der Waals surface area contributed by atoms with Gasteiger partial charge in [-0.25, -0.2) is 0 Å². The van der Waals surface area contributed by atoms with Gasteiger partial charge in [0.2, 0.25) is 0 Å². The zero-order valence-electron chi connectivity index (χ0n) is 8.80. The van der Waals surface area contributed by atoms with Crippen LogP contribution in [0.25, 0.3) is 0 Å². The Morgan fingerprint density at radius 1 is 1.33 bits per heavy atom. The van der Waals surface area contributed by atoms with Crippen molar-refractivity contribution in [1.29, 1.82) is 0 Å². The van der Waals surface area contributed by atoms with E-state index in [1.54, 1.807) is 6.07 Å². The normalized spacial score (nSPS) is 26.5. The molecule has 2 rings (SSSR count). The molecule has 1 aliphatic carbocycles. The highest BCUT2D eigenvalue weighted by molar-refractivity contribution is 4.99. The molecular weight excluding hydrogens is 190 g/mol. The minimum absolute atomic E-state index is 0.223. The van der Waals surface area contributed by atoms with Gasteiger partial charge in [0.15, 0.2) is 11.9 Å². The Balaban J connectivity index is 2.04. The van der Waals surface area contributed by atoms with E-state index in [1.807, 2.05) is 12.1 Å². The number of aromatic nitrogens is 1. The highest BCUT2D eigenvalue weighted by atomic mass is 16.5. The first-order valence-corrected chi connectivity index (χ1v) is 5.62. The molecule has 0 radical (unpaired) electrons. The van der Waals surface area contributed by atoms with Crippen LogP contribution in [-0.4, -0.2) is 11.2 Å². The van der Waals surface area contributed by atoms with Gasteiger partial charge in [0.05, 0.1) is 6.10 Å². The predicted octanol–water partition coefficient (Wildman–Crippen LogP) is 1.41. The highest BCUT2D eigenvalue weighted by Crippen LogP contribution is 2.26. The molecule has 1 heterocycles. The van der Waals surface area contributed by atoms with Crippen LogP contribution in [0.4, 0.5) is 0 Å². The molecule has 0 amide bonds. The first kappa shape index (κ1) is 10.4. The van der Waals surface area contributed by atoms with E-state index in [0.717, 1.165) is 29.7 Å². The fourth-order valence-corrected chi connectivity index (χ4v) is 2.32. The van der Waals surface area contributed by atoms with Gasteiger partial charge in [-0.3, -0.25) is 0 Å². The highest BCUT2D eigenvalue weighted by Gasteiger charge is 2.25. The van der Waals surface area contributed by atoms with E-state index in [9.17, 15) is 10.3 Å². The molecule has 1 aliphatic rings. The molecule has 0 spiro atoms. The van der Waals surface area contributed by atoms with Crippen molar-refractivity contribution in [3.63, 3.8) is 0 Å². The van der Waals surface area contributed by atoms with Crippen LogP contribution in [-0.2, 0) is 6.42 Å². The number of pyridine rings is 1. The van der Waals surface area contributed by atoms with Gasteiger partial charge in [-0.05, 0) is 18.8 Å². The molecule has 3 heteroatoms. The maximum Gasteiger partial charge on any atom is 0.193 e. The van der Waals surface area contributed by atoms with Gasteiger partial charge in [-0.1, -0.05) is 18.9 Å². The first-order valence-electron chi connectivity index (χ1n) is 5.62. The van der Waals surface area contributed by atoms with Crippen LogP contribution in [0.15, 0.2) is 24.4 Å². The lowest BCUT2D eigenvalue weighted by Gasteiger charge is -2.26. The second-order valence-electron chi connectivity index (χ2n) is 4.33. The molecule has 1 aromatic heterocycles. The van der Waals surface area contributed by atoms with Gasteiger partial charge in [-0.2, -0.15) is 4.73 Å². The van der Waals surface area contributed by atoms with Gasteiger partial charge < -0.3 is 10.3 Å². The summed E-state index contributed by atoms with van der Waals surface area (Å²) in [4.78, 5) is 0. The fourth-order valence-electron chi connectivity index (χ4n) is 2.32. The number of hydrogen-bond donors (Lipinski definition) is 1. The van der Waals surface area contributed by atoms with Crippen LogP contribution in [0.3, 0.4) is 0 Å². The Hall–Kier alpha value is -1.09. The second-order valence-corrected chi connectivity index (χ2v) is 4.33. The Bertz CT molecular complexity index is 327. The summed E-state index contributed by atoms with van der Waals surface area (Å²) < 4.78 is 0.904. The summed E-state index contributed by atoms with van der Waals surface area (Å²) in [5.41, 5.74) is 0.767. The predicted molar refractivity (Wildman–Crippen MR) is 57.1 cm³/mol. The molecule has 1 N–H and O–H groups in total. The molecule has 1 fully saturated rings. The molecule has 2 unspecified atom stereocenters. The molecule has 1 aromatic rings. The van der Waals surface area contributed by atoms with Crippen molar-refractivity contribution in [2.24, 2.45) is 5.92 Å². The van der Waals surface area contributed by atoms with Crippen molar-refractivity contribution in [2.75, 3.05) is 0 Å². The number of nitrogens with zero attached hydrogens (tertiary/aromatic N) is 1. The SMILES string of the molecule is [O-][n+]1ccccc1CC1CCCCC1O. The van der Waals surface area contributed by atoms with Gasteiger partial charge in [0, 0.05) is 18.6 Å². The Morgan fingerprint density at radius 3 is 2.87 bits per heavy atom. The summed E-state index contributed by atoms with van der Waals surface area (Å²) in [7, 11) is 0. The zero-order valence-corrected chi connectivity index (χ0v) is 8.80. The monoisotopic (exact) mass is 207 g/mol. The zero-order chi connectivity index (χ0) is 10.7. The van der Waals surface area contributed by atoms with E-state index >= 15 is 0 Å². The third kappa shape index (κ3) is 2.48. The molecule has 1 saturated carbocycles. The van der Waals surface area contributed by atoms with E-state index in [0.29, 0.717) is 6.42 Å². The molecule has 0 saturated heterocycles. The third-order valence-corrected chi connectivity index (χ3v) is 3.24. The van der Waals surface area contributed by atoms with Crippen molar-refractivity contribution in [3.8, 4) is 0 Å². The van der Waals surface area contributed by atoms with Crippen LogP contribution in [0.5, 0.6) is 0 Å². The summed E-state index contributed by atoms with van der Waals surface area (Å²) in [6, 6.07) is 5.45. The van der Waals surface area contributed by atoms with E-state index in [-0.39, 0.29) is 12.0 Å². The van der Waals surface area contributed by atoms with Crippen molar-refractivity contribution in [3.05, 3.63) is 35.3 Å². The average molecular weight is 207 g/mol. The summed E-state index contributed by atoms with van der Waals surface area (Å²) in [5.74, 6) is 0.265. The molecule has 3 nitrogen and oxygen atoms in total. The largest absolute Gasteiger partial charge is 0.619 e. The van der Waals surface area contributed by atoms with Crippen LogP contribution < -0.4 is 4.73 Å². The topological polar surface area (TPSA) is 47.2 Å². The molecule has 2 atom stereocenters. The molecule has 82 valence electrons. The van der Waals surface area contributed by atoms with Crippen molar-refractivity contribution in [2.45, 2.75) is 38.2 Å². The van der Waals surface area contributed by atoms with Gasteiger partial charge >= 0.3 is 0 Å². The van der Waals surface area contributed by atoms with Gasteiger partial charge in [0.25, 0.3) is 0 Å².